The number of hydrogen-bond donors (Lipinski definition) is 1. The van der Waals surface area contributed by atoms with Crippen molar-refractivity contribution in [1.29, 1.82) is 0 Å². The van der Waals surface area contributed by atoms with Gasteiger partial charge in [-0.1, -0.05) is 30.3 Å². The van der Waals surface area contributed by atoms with Gasteiger partial charge >= 0.3 is 0 Å². The predicted molar refractivity (Wildman–Crippen MR) is 131 cm³/mol. The van der Waals surface area contributed by atoms with E-state index in [0.717, 1.165) is 16.7 Å². The first-order valence-corrected chi connectivity index (χ1v) is 11.1. The Morgan fingerprint density at radius 3 is 2.41 bits per heavy atom. The van der Waals surface area contributed by atoms with Gasteiger partial charge in [0, 0.05) is 17.3 Å². The van der Waals surface area contributed by atoms with Crippen molar-refractivity contribution in [2.45, 2.75) is 26.8 Å². The van der Waals surface area contributed by atoms with Crippen LogP contribution in [-0.2, 0) is 9.59 Å². The zero-order chi connectivity index (χ0) is 24.4. The van der Waals surface area contributed by atoms with Crippen molar-refractivity contribution in [1.82, 2.24) is 0 Å². The number of Topliss-reactive ketones (excluding diaryl/α,β-unsaturated/α-hetero) is 1. The highest BCUT2D eigenvalue weighted by Crippen LogP contribution is 2.43. The maximum Gasteiger partial charge on any atom is 0.300 e. The number of aryl methyl sites for hydroxylation is 2. The van der Waals surface area contributed by atoms with E-state index < -0.39 is 17.7 Å². The van der Waals surface area contributed by atoms with Crippen LogP contribution in [0.5, 0.6) is 11.5 Å². The number of rotatable bonds is 6. The minimum absolute atomic E-state index is 0.0469. The average Bonchev–Trinajstić information content (AvgIpc) is 3.10. The van der Waals surface area contributed by atoms with Crippen LogP contribution in [0.4, 0.5) is 5.69 Å². The summed E-state index contributed by atoms with van der Waals surface area (Å²) >= 11 is 0. The van der Waals surface area contributed by atoms with Crippen LogP contribution in [0.25, 0.3) is 5.76 Å². The fraction of sp³-hybridized carbons (Fsp3) is 0.214. The fourth-order valence-electron chi connectivity index (χ4n) is 4.32. The van der Waals surface area contributed by atoms with Crippen molar-refractivity contribution >= 4 is 23.1 Å². The molecule has 4 rings (SSSR count). The topological polar surface area (TPSA) is 76.1 Å². The van der Waals surface area contributed by atoms with E-state index in [1.807, 2.05) is 45.0 Å². The molecule has 174 valence electrons. The highest BCUT2D eigenvalue weighted by molar-refractivity contribution is 6.51. The quantitative estimate of drug-likeness (QED) is 0.307. The number of carbonyl (C=O) groups excluding carboxylic acids is 2. The molecule has 3 aromatic rings. The molecular weight excluding hydrogens is 430 g/mol. The molecule has 3 aromatic carbocycles. The van der Waals surface area contributed by atoms with E-state index in [0.29, 0.717) is 29.4 Å². The molecule has 0 bridgehead atoms. The van der Waals surface area contributed by atoms with E-state index in [-0.39, 0.29) is 11.3 Å². The lowest BCUT2D eigenvalue weighted by molar-refractivity contribution is -0.132. The van der Waals surface area contributed by atoms with Crippen molar-refractivity contribution < 1.29 is 24.2 Å². The molecule has 6 nitrogen and oxygen atoms in total. The maximum absolute atomic E-state index is 13.3. The van der Waals surface area contributed by atoms with Crippen LogP contribution in [0, 0.1) is 13.8 Å². The summed E-state index contributed by atoms with van der Waals surface area (Å²) in [5.41, 5.74) is 3.48. The van der Waals surface area contributed by atoms with E-state index in [4.69, 9.17) is 9.47 Å². The lowest BCUT2D eigenvalue weighted by Gasteiger charge is -2.27. The van der Waals surface area contributed by atoms with Gasteiger partial charge in [0.05, 0.1) is 25.3 Å². The summed E-state index contributed by atoms with van der Waals surface area (Å²) < 4.78 is 10.9. The number of amides is 1. The number of anilines is 1. The van der Waals surface area contributed by atoms with Crippen LogP contribution in [0.3, 0.4) is 0 Å². The molecule has 6 heteroatoms. The smallest absolute Gasteiger partial charge is 0.300 e. The predicted octanol–water partition coefficient (Wildman–Crippen LogP) is 5.34. The van der Waals surface area contributed by atoms with Gasteiger partial charge in [0.2, 0.25) is 0 Å². The SMILES string of the molecule is CCOc1ccc(/C(O)=C2\C(=O)C(=O)N(c3cccc(OC)c3)C2c2ccccc2C)cc1C. The molecule has 1 aliphatic rings. The van der Waals surface area contributed by atoms with E-state index in [1.54, 1.807) is 49.6 Å². The molecule has 34 heavy (non-hydrogen) atoms. The summed E-state index contributed by atoms with van der Waals surface area (Å²) in [5, 5.41) is 11.4. The van der Waals surface area contributed by atoms with Crippen LogP contribution >= 0.6 is 0 Å². The average molecular weight is 458 g/mol. The highest BCUT2D eigenvalue weighted by Gasteiger charge is 2.47. The molecule has 1 unspecified atom stereocenters. The Balaban J connectivity index is 1.93. The second-order valence-corrected chi connectivity index (χ2v) is 8.14. The van der Waals surface area contributed by atoms with Crippen LogP contribution < -0.4 is 14.4 Å². The van der Waals surface area contributed by atoms with Crippen molar-refractivity contribution in [3.05, 3.63) is 94.6 Å². The largest absolute Gasteiger partial charge is 0.507 e. The molecule has 0 radical (unpaired) electrons. The summed E-state index contributed by atoms with van der Waals surface area (Å²) in [6, 6.07) is 18.9. The highest BCUT2D eigenvalue weighted by atomic mass is 16.5. The summed E-state index contributed by atoms with van der Waals surface area (Å²) in [5.74, 6) is -0.398. The number of carbonyl (C=O) groups is 2. The number of ether oxygens (including phenoxy) is 2. The summed E-state index contributed by atoms with van der Waals surface area (Å²) in [4.78, 5) is 28.1. The first-order chi connectivity index (χ1) is 16.4. The second kappa shape index (κ2) is 9.43. The molecule has 0 aliphatic carbocycles. The molecule has 1 saturated heterocycles. The van der Waals surface area contributed by atoms with Crippen molar-refractivity contribution in [2.75, 3.05) is 18.6 Å². The number of aliphatic hydroxyl groups excluding tert-OH is 1. The first-order valence-electron chi connectivity index (χ1n) is 11.1. The van der Waals surface area contributed by atoms with E-state index in [2.05, 4.69) is 0 Å². The number of ketones is 1. The molecule has 1 aliphatic heterocycles. The minimum atomic E-state index is -0.791. The van der Waals surface area contributed by atoms with E-state index in [9.17, 15) is 14.7 Å². The van der Waals surface area contributed by atoms with Gasteiger partial charge in [-0.25, -0.2) is 0 Å². The van der Waals surface area contributed by atoms with Crippen LogP contribution in [0.15, 0.2) is 72.3 Å². The summed E-state index contributed by atoms with van der Waals surface area (Å²) in [6.07, 6.45) is 0. The Kier molecular flexibility index (Phi) is 6.41. The fourth-order valence-corrected chi connectivity index (χ4v) is 4.32. The molecule has 0 aromatic heterocycles. The number of benzene rings is 3. The number of methoxy groups -OCH3 is 1. The zero-order valence-electron chi connectivity index (χ0n) is 19.7. The van der Waals surface area contributed by atoms with Crippen LogP contribution in [0.2, 0.25) is 0 Å². The standard InChI is InChI=1S/C28H27NO5/c1-5-34-23-14-13-19(15-18(23)3)26(30)24-25(22-12-7-6-9-17(22)2)29(28(32)27(24)31)20-10-8-11-21(16-20)33-4/h6-16,25,30H,5H2,1-4H3/b26-24+. The molecule has 1 amide bonds. The van der Waals surface area contributed by atoms with Gasteiger partial charge in [-0.2, -0.15) is 0 Å². The molecule has 1 N–H and O–H groups in total. The van der Waals surface area contributed by atoms with Gasteiger partial charge in [-0.05, 0) is 67.8 Å². The first kappa shape index (κ1) is 23.1. The van der Waals surface area contributed by atoms with Crippen molar-refractivity contribution in [3.63, 3.8) is 0 Å². The van der Waals surface area contributed by atoms with Gasteiger partial charge in [0.25, 0.3) is 11.7 Å². The Hall–Kier alpha value is -4.06. The molecule has 1 heterocycles. The molecule has 0 spiro atoms. The second-order valence-electron chi connectivity index (χ2n) is 8.14. The number of aliphatic hydroxyl groups is 1. The third-order valence-electron chi connectivity index (χ3n) is 6.01. The van der Waals surface area contributed by atoms with Gasteiger partial charge < -0.3 is 14.6 Å². The lowest BCUT2D eigenvalue weighted by atomic mass is 9.92. The summed E-state index contributed by atoms with van der Waals surface area (Å²) in [7, 11) is 1.54. The number of hydrogen-bond acceptors (Lipinski definition) is 5. The van der Waals surface area contributed by atoms with Crippen molar-refractivity contribution in [3.8, 4) is 11.5 Å². The normalized spacial score (nSPS) is 17.2. The molecular formula is C28H27NO5. The van der Waals surface area contributed by atoms with Crippen LogP contribution in [0.1, 0.15) is 35.2 Å². The van der Waals surface area contributed by atoms with Gasteiger partial charge in [-0.15, -0.1) is 0 Å². The monoisotopic (exact) mass is 457 g/mol. The minimum Gasteiger partial charge on any atom is -0.507 e. The third-order valence-corrected chi connectivity index (χ3v) is 6.01. The molecule has 1 fully saturated rings. The Labute approximate surface area is 199 Å². The summed E-state index contributed by atoms with van der Waals surface area (Å²) in [6.45, 7) is 6.21. The van der Waals surface area contributed by atoms with Gasteiger partial charge in [0.1, 0.15) is 17.3 Å². The van der Waals surface area contributed by atoms with E-state index in [1.165, 1.54) is 4.90 Å². The zero-order valence-corrected chi connectivity index (χ0v) is 19.7. The number of nitrogens with zero attached hydrogens (tertiary/aromatic N) is 1. The Morgan fingerprint density at radius 2 is 1.74 bits per heavy atom. The van der Waals surface area contributed by atoms with E-state index >= 15 is 0 Å². The van der Waals surface area contributed by atoms with Gasteiger partial charge in [0.15, 0.2) is 0 Å². The molecule has 1 atom stereocenters. The third kappa shape index (κ3) is 4.03. The van der Waals surface area contributed by atoms with Crippen LogP contribution in [-0.4, -0.2) is 30.5 Å². The maximum atomic E-state index is 13.3. The Morgan fingerprint density at radius 1 is 0.971 bits per heavy atom. The van der Waals surface area contributed by atoms with Crippen molar-refractivity contribution in [2.24, 2.45) is 0 Å². The Bertz CT molecular complexity index is 1290. The lowest BCUT2D eigenvalue weighted by Crippen LogP contribution is -2.29. The van der Waals surface area contributed by atoms with Gasteiger partial charge in [-0.3, -0.25) is 14.5 Å². The molecule has 0 saturated carbocycles.